The van der Waals surface area contributed by atoms with Gasteiger partial charge in [0.2, 0.25) is 0 Å². The number of hydrogen-bond donors (Lipinski definition) is 1. The summed E-state index contributed by atoms with van der Waals surface area (Å²) in [6, 6.07) is 16.3. The number of anilines is 1. The average molecular weight is 270 g/mol. The molecule has 2 aromatic carbocycles. The highest BCUT2D eigenvalue weighted by atomic mass is 16.5. The van der Waals surface area contributed by atoms with Crippen LogP contribution < -0.4 is 15.4 Å². The van der Waals surface area contributed by atoms with E-state index in [0.717, 1.165) is 17.9 Å². The molecule has 0 aliphatic rings. The largest absolute Gasteiger partial charge is 0.492 e. The first kappa shape index (κ1) is 14.4. The molecule has 3 nitrogen and oxygen atoms in total. The van der Waals surface area contributed by atoms with Gasteiger partial charge in [0.05, 0.1) is 6.54 Å². The van der Waals surface area contributed by atoms with Gasteiger partial charge in [0.25, 0.3) is 0 Å². The molecule has 0 heterocycles. The molecule has 0 bridgehead atoms. The maximum atomic E-state index is 5.76. The number of likely N-dealkylation sites (N-methyl/N-ethyl adjacent to an activating group) is 1. The molecule has 20 heavy (non-hydrogen) atoms. The van der Waals surface area contributed by atoms with Gasteiger partial charge in [0.1, 0.15) is 12.4 Å². The summed E-state index contributed by atoms with van der Waals surface area (Å²) < 4.78 is 5.76. The summed E-state index contributed by atoms with van der Waals surface area (Å²) in [5.74, 6) is 0.889. The summed E-state index contributed by atoms with van der Waals surface area (Å²) in [6.45, 7) is 4.20. The van der Waals surface area contributed by atoms with E-state index in [0.29, 0.717) is 13.2 Å². The summed E-state index contributed by atoms with van der Waals surface area (Å²) in [5, 5.41) is 0. The normalized spacial score (nSPS) is 10.3. The first-order valence-corrected chi connectivity index (χ1v) is 6.89. The van der Waals surface area contributed by atoms with E-state index in [1.54, 1.807) is 0 Å². The van der Waals surface area contributed by atoms with Crippen LogP contribution in [0.25, 0.3) is 0 Å². The van der Waals surface area contributed by atoms with Crippen LogP contribution in [0.3, 0.4) is 0 Å². The molecule has 3 heteroatoms. The molecule has 2 N–H and O–H groups in total. The van der Waals surface area contributed by atoms with Gasteiger partial charge < -0.3 is 15.4 Å². The van der Waals surface area contributed by atoms with Crippen molar-refractivity contribution in [3.63, 3.8) is 0 Å². The third-order valence-corrected chi connectivity index (χ3v) is 3.38. The van der Waals surface area contributed by atoms with E-state index < -0.39 is 0 Å². The lowest BCUT2D eigenvalue weighted by Crippen LogP contribution is -2.24. The van der Waals surface area contributed by atoms with Gasteiger partial charge in [-0.25, -0.2) is 0 Å². The van der Waals surface area contributed by atoms with Gasteiger partial charge in [-0.05, 0) is 36.2 Å². The highest BCUT2D eigenvalue weighted by Crippen LogP contribution is 2.17. The Kier molecular flexibility index (Phi) is 5.02. The zero-order chi connectivity index (χ0) is 14.4. The highest BCUT2D eigenvalue weighted by Gasteiger charge is 2.03. The summed E-state index contributed by atoms with van der Waals surface area (Å²) in [4.78, 5) is 2.21. The SMILES string of the molecule is Cc1ccccc1N(C)CCOc1ccc(CN)cc1. The first-order chi connectivity index (χ1) is 9.70. The van der Waals surface area contributed by atoms with Crippen molar-refractivity contribution in [3.8, 4) is 5.75 Å². The van der Waals surface area contributed by atoms with Gasteiger partial charge in [0, 0.05) is 19.3 Å². The zero-order valence-electron chi connectivity index (χ0n) is 12.2. The smallest absolute Gasteiger partial charge is 0.119 e. The number of benzene rings is 2. The Labute approximate surface area is 121 Å². The monoisotopic (exact) mass is 270 g/mol. The molecule has 0 saturated heterocycles. The van der Waals surface area contributed by atoms with Crippen LogP contribution in [0.2, 0.25) is 0 Å². The van der Waals surface area contributed by atoms with Gasteiger partial charge in [0.15, 0.2) is 0 Å². The molecule has 0 fully saturated rings. The molecule has 0 aliphatic heterocycles. The van der Waals surface area contributed by atoms with E-state index in [9.17, 15) is 0 Å². The minimum atomic E-state index is 0.566. The van der Waals surface area contributed by atoms with E-state index in [4.69, 9.17) is 10.5 Å². The quantitative estimate of drug-likeness (QED) is 0.877. The van der Waals surface area contributed by atoms with E-state index in [1.807, 2.05) is 24.3 Å². The highest BCUT2D eigenvalue weighted by molar-refractivity contribution is 5.52. The number of rotatable bonds is 6. The predicted molar refractivity (Wildman–Crippen MR) is 84.3 cm³/mol. The lowest BCUT2D eigenvalue weighted by molar-refractivity contribution is 0.326. The van der Waals surface area contributed by atoms with Crippen molar-refractivity contribution < 1.29 is 4.74 Å². The van der Waals surface area contributed by atoms with Crippen LogP contribution in [0.15, 0.2) is 48.5 Å². The molecule has 106 valence electrons. The molecule has 0 aromatic heterocycles. The van der Waals surface area contributed by atoms with Crippen LogP contribution >= 0.6 is 0 Å². The molecule has 0 spiro atoms. The predicted octanol–water partition coefficient (Wildman–Crippen LogP) is 2.97. The maximum absolute atomic E-state index is 5.76. The standard InChI is InChI=1S/C17H22N2O/c1-14-5-3-4-6-17(14)19(2)11-12-20-16-9-7-15(13-18)8-10-16/h3-10H,11-13,18H2,1-2H3. The van der Waals surface area contributed by atoms with Gasteiger partial charge in [-0.1, -0.05) is 30.3 Å². The van der Waals surface area contributed by atoms with Crippen molar-refractivity contribution in [2.75, 3.05) is 25.1 Å². The molecule has 0 radical (unpaired) electrons. The molecule has 2 rings (SSSR count). The van der Waals surface area contributed by atoms with Crippen molar-refractivity contribution >= 4 is 5.69 Å². The third-order valence-electron chi connectivity index (χ3n) is 3.38. The summed E-state index contributed by atoms with van der Waals surface area (Å²) in [7, 11) is 2.09. The van der Waals surface area contributed by atoms with Crippen molar-refractivity contribution in [1.82, 2.24) is 0 Å². The van der Waals surface area contributed by atoms with Crippen LogP contribution in [-0.2, 0) is 6.54 Å². The number of nitrogens with two attached hydrogens (primary N) is 1. The lowest BCUT2D eigenvalue weighted by atomic mass is 10.2. The summed E-state index contributed by atoms with van der Waals surface area (Å²) in [5.41, 5.74) is 9.22. The van der Waals surface area contributed by atoms with Crippen molar-refractivity contribution in [1.29, 1.82) is 0 Å². The lowest BCUT2D eigenvalue weighted by Gasteiger charge is -2.21. The molecular weight excluding hydrogens is 248 g/mol. The van der Waals surface area contributed by atoms with Crippen LogP contribution in [0.5, 0.6) is 5.75 Å². The minimum absolute atomic E-state index is 0.566. The Hall–Kier alpha value is -2.00. The van der Waals surface area contributed by atoms with E-state index in [-0.39, 0.29) is 0 Å². The Balaban J connectivity index is 1.84. The number of para-hydroxylation sites is 1. The molecule has 2 aromatic rings. The summed E-state index contributed by atoms with van der Waals surface area (Å²) >= 11 is 0. The number of ether oxygens (including phenoxy) is 1. The molecule has 0 amide bonds. The van der Waals surface area contributed by atoms with Gasteiger partial charge in [-0.15, -0.1) is 0 Å². The molecular formula is C17H22N2O. The fraction of sp³-hybridized carbons (Fsp3) is 0.294. The number of aryl methyl sites for hydroxylation is 1. The van der Waals surface area contributed by atoms with Crippen LogP contribution in [0.1, 0.15) is 11.1 Å². The molecule has 0 aliphatic carbocycles. The number of hydrogen-bond acceptors (Lipinski definition) is 3. The van der Waals surface area contributed by atoms with E-state index in [1.165, 1.54) is 11.3 Å². The second-order valence-electron chi connectivity index (χ2n) is 4.90. The van der Waals surface area contributed by atoms with Gasteiger partial charge >= 0.3 is 0 Å². The Morgan fingerprint density at radius 3 is 2.40 bits per heavy atom. The van der Waals surface area contributed by atoms with Crippen LogP contribution in [-0.4, -0.2) is 20.2 Å². The number of nitrogens with zero attached hydrogens (tertiary/aromatic N) is 1. The molecule has 0 atom stereocenters. The minimum Gasteiger partial charge on any atom is -0.492 e. The van der Waals surface area contributed by atoms with Crippen LogP contribution in [0, 0.1) is 6.92 Å². The molecule has 0 unspecified atom stereocenters. The Bertz CT molecular complexity index is 537. The second kappa shape index (κ2) is 6.96. The second-order valence-corrected chi connectivity index (χ2v) is 4.90. The zero-order valence-corrected chi connectivity index (χ0v) is 12.2. The summed E-state index contributed by atoms with van der Waals surface area (Å²) in [6.07, 6.45) is 0. The average Bonchev–Trinajstić information content (AvgIpc) is 2.48. The van der Waals surface area contributed by atoms with E-state index in [2.05, 4.69) is 43.1 Å². The van der Waals surface area contributed by atoms with Crippen LogP contribution in [0.4, 0.5) is 5.69 Å². The van der Waals surface area contributed by atoms with E-state index >= 15 is 0 Å². The fourth-order valence-electron chi connectivity index (χ4n) is 2.13. The van der Waals surface area contributed by atoms with Crippen molar-refractivity contribution in [3.05, 3.63) is 59.7 Å². The van der Waals surface area contributed by atoms with Gasteiger partial charge in [-0.3, -0.25) is 0 Å². The Morgan fingerprint density at radius 1 is 1.05 bits per heavy atom. The van der Waals surface area contributed by atoms with Crippen molar-refractivity contribution in [2.45, 2.75) is 13.5 Å². The first-order valence-electron chi connectivity index (χ1n) is 6.89. The van der Waals surface area contributed by atoms with Crippen molar-refractivity contribution in [2.24, 2.45) is 5.73 Å². The molecule has 0 saturated carbocycles. The topological polar surface area (TPSA) is 38.5 Å². The maximum Gasteiger partial charge on any atom is 0.119 e. The third kappa shape index (κ3) is 3.75. The van der Waals surface area contributed by atoms with Gasteiger partial charge in [-0.2, -0.15) is 0 Å². The Morgan fingerprint density at radius 2 is 1.75 bits per heavy atom. The fourth-order valence-corrected chi connectivity index (χ4v) is 2.13.